The molecule has 4 rings (SSSR count). The van der Waals surface area contributed by atoms with Crippen LogP contribution in [0.2, 0.25) is 0 Å². The Bertz CT molecular complexity index is 1000. The van der Waals surface area contributed by atoms with Gasteiger partial charge in [-0.25, -0.2) is 0 Å². The molecule has 0 atom stereocenters. The monoisotopic (exact) mass is 317 g/mol. The van der Waals surface area contributed by atoms with Gasteiger partial charge in [-0.05, 0) is 29.8 Å². The zero-order valence-electron chi connectivity index (χ0n) is 13.8. The minimum atomic E-state index is 0.574. The summed E-state index contributed by atoms with van der Waals surface area (Å²) in [4.78, 5) is 0. The van der Waals surface area contributed by atoms with Gasteiger partial charge in [-0.15, -0.1) is 0 Å². The normalized spacial score (nSPS) is 11.1. The SMILES string of the molecule is COc1ccc2c3ccc(OCc4ccccc4)cc3n(C)c2c1. The predicted octanol–water partition coefficient (Wildman–Crippen LogP) is 4.92. The van der Waals surface area contributed by atoms with Gasteiger partial charge in [0, 0.05) is 30.0 Å². The summed E-state index contributed by atoms with van der Waals surface area (Å²) in [5.41, 5.74) is 3.48. The number of aromatic nitrogens is 1. The molecular weight excluding hydrogens is 298 g/mol. The first-order valence-electron chi connectivity index (χ1n) is 7.99. The zero-order chi connectivity index (χ0) is 16.5. The van der Waals surface area contributed by atoms with Gasteiger partial charge in [0.05, 0.1) is 18.1 Å². The van der Waals surface area contributed by atoms with Crippen LogP contribution in [0.25, 0.3) is 21.8 Å². The number of fused-ring (bicyclic) bond motifs is 3. The highest BCUT2D eigenvalue weighted by molar-refractivity contribution is 6.08. The number of aryl methyl sites for hydroxylation is 1. The van der Waals surface area contributed by atoms with E-state index in [0.29, 0.717) is 6.61 Å². The zero-order valence-corrected chi connectivity index (χ0v) is 13.8. The summed E-state index contributed by atoms with van der Waals surface area (Å²) in [6, 6.07) is 22.7. The van der Waals surface area contributed by atoms with E-state index in [9.17, 15) is 0 Å². The summed E-state index contributed by atoms with van der Waals surface area (Å²) in [6.07, 6.45) is 0. The van der Waals surface area contributed by atoms with Crippen molar-refractivity contribution in [2.45, 2.75) is 6.61 Å². The van der Waals surface area contributed by atoms with Gasteiger partial charge >= 0.3 is 0 Å². The smallest absolute Gasteiger partial charge is 0.121 e. The number of nitrogens with zero attached hydrogens (tertiary/aromatic N) is 1. The van der Waals surface area contributed by atoms with Crippen molar-refractivity contribution in [3.05, 3.63) is 72.3 Å². The second kappa shape index (κ2) is 5.93. The second-order valence-corrected chi connectivity index (χ2v) is 5.90. The number of rotatable bonds is 4. The summed E-state index contributed by atoms with van der Waals surface area (Å²) in [6.45, 7) is 0.574. The van der Waals surface area contributed by atoms with Crippen LogP contribution < -0.4 is 9.47 Å². The van der Waals surface area contributed by atoms with Crippen LogP contribution in [0.1, 0.15) is 5.56 Å². The second-order valence-electron chi connectivity index (χ2n) is 5.90. The Morgan fingerprint density at radius 3 is 2.08 bits per heavy atom. The first-order chi connectivity index (χ1) is 11.8. The number of ether oxygens (including phenoxy) is 2. The van der Waals surface area contributed by atoms with E-state index < -0.39 is 0 Å². The average molecular weight is 317 g/mol. The average Bonchev–Trinajstić information content (AvgIpc) is 2.92. The molecule has 0 N–H and O–H groups in total. The molecule has 3 aromatic carbocycles. The molecular formula is C21H19NO2. The standard InChI is InChI=1S/C21H19NO2/c1-22-20-12-16(23-2)8-10-18(20)19-11-9-17(13-21(19)22)24-14-15-6-4-3-5-7-15/h3-13H,14H2,1-2H3. The lowest BCUT2D eigenvalue weighted by Gasteiger charge is -2.07. The van der Waals surface area contributed by atoms with E-state index in [4.69, 9.17) is 9.47 Å². The van der Waals surface area contributed by atoms with E-state index in [1.165, 1.54) is 16.3 Å². The Kier molecular flexibility index (Phi) is 3.62. The molecule has 0 saturated carbocycles. The van der Waals surface area contributed by atoms with E-state index in [2.05, 4.69) is 48.0 Å². The van der Waals surface area contributed by atoms with E-state index in [0.717, 1.165) is 22.5 Å². The molecule has 0 aliphatic carbocycles. The molecule has 0 radical (unpaired) electrons. The van der Waals surface area contributed by atoms with E-state index >= 15 is 0 Å². The third-order valence-electron chi connectivity index (χ3n) is 4.44. The van der Waals surface area contributed by atoms with Crippen molar-refractivity contribution in [2.24, 2.45) is 7.05 Å². The van der Waals surface area contributed by atoms with E-state index in [1.807, 2.05) is 30.3 Å². The molecule has 0 bridgehead atoms. The lowest BCUT2D eigenvalue weighted by molar-refractivity contribution is 0.306. The fourth-order valence-corrected chi connectivity index (χ4v) is 3.12. The molecule has 0 aliphatic rings. The highest BCUT2D eigenvalue weighted by Crippen LogP contribution is 2.32. The third-order valence-corrected chi connectivity index (χ3v) is 4.44. The van der Waals surface area contributed by atoms with Crippen LogP contribution in [0.4, 0.5) is 0 Å². The molecule has 3 nitrogen and oxygen atoms in total. The molecule has 0 saturated heterocycles. The molecule has 1 heterocycles. The third kappa shape index (κ3) is 2.48. The molecule has 0 unspecified atom stereocenters. The quantitative estimate of drug-likeness (QED) is 0.533. The maximum absolute atomic E-state index is 5.96. The van der Waals surface area contributed by atoms with E-state index in [1.54, 1.807) is 7.11 Å². The van der Waals surface area contributed by atoms with Crippen molar-refractivity contribution in [2.75, 3.05) is 7.11 Å². The topological polar surface area (TPSA) is 23.4 Å². The Labute approximate surface area is 141 Å². The number of hydrogen-bond acceptors (Lipinski definition) is 2. The highest BCUT2D eigenvalue weighted by atomic mass is 16.5. The van der Waals surface area contributed by atoms with Crippen molar-refractivity contribution in [3.63, 3.8) is 0 Å². The summed E-state index contributed by atoms with van der Waals surface area (Å²) < 4.78 is 13.5. The van der Waals surface area contributed by atoms with Crippen molar-refractivity contribution in [1.29, 1.82) is 0 Å². The maximum atomic E-state index is 5.96. The minimum Gasteiger partial charge on any atom is -0.497 e. The molecule has 24 heavy (non-hydrogen) atoms. The largest absolute Gasteiger partial charge is 0.497 e. The van der Waals surface area contributed by atoms with E-state index in [-0.39, 0.29) is 0 Å². The fraction of sp³-hybridized carbons (Fsp3) is 0.143. The van der Waals surface area contributed by atoms with Gasteiger partial charge in [-0.1, -0.05) is 30.3 Å². The van der Waals surface area contributed by atoms with Gasteiger partial charge in [0.25, 0.3) is 0 Å². The maximum Gasteiger partial charge on any atom is 0.121 e. The van der Waals surface area contributed by atoms with Crippen LogP contribution >= 0.6 is 0 Å². The number of hydrogen-bond donors (Lipinski definition) is 0. The van der Waals surface area contributed by atoms with Crippen molar-refractivity contribution in [3.8, 4) is 11.5 Å². The molecule has 3 heteroatoms. The van der Waals surface area contributed by atoms with Gasteiger partial charge in [-0.3, -0.25) is 0 Å². The van der Waals surface area contributed by atoms with Crippen molar-refractivity contribution >= 4 is 21.8 Å². The summed E-state index contributed by atoms with van der Waals surface area (Å²) >= 11 is 0. The van der Waals surface area contributed by atoms with Gasteiger partial charge in [0.2, 0.25) is 0 Å². The molecule has 120 valence electrons. The number of methoxy groups -OCH3 is 1. The fourth-order valence-electron chi connectivity index (χ4n) is 3.12. The Morgan fingerprint density at radius 2 is 1.42 bits per heavy atom. The Hall–Kier alpha value is -2.94. The number of benzene rings is 3. The molecule has 0 aliphatic heterocycles. The molecule has 0 fully saturated rings. The van der Waals surface area contributed by atoms with Crippen LogP contribution in [0.5, 0.6) is 11.5 Å². The van der Waals surface area contributed by atoms with Gasteiger partial charge in [0.15, 0.2) is 0 Å². The predicted molar refractivity (Wildman–Crippen MR) is 97.8 cm³/mol. The van der Waals surface area contributed by atoms with Crippen LogP contribution in [-0.4, -0.2) is 11.7 Å². The van der Waals surface area contributed by atoms with Crippen LogP contribution in [-0.2, 0) is 13.7 Å². The van der Waals surface area contributed by atoms with Gasteiger partial charge in [-0.2, -0.15) is 0 Å². The Balaban J connectivity index is 1.72. The van der Waals surface area contributed by atoms with Gasteiger partial charge < -0.3 is 14.0 Å². The summed E-state index contributed by atoms with van der Waals surface area (Å²) in [7, 11) is 3.77. The van der Waals surface area contributed by atoms with Crippen molar-refractivity contribution < 1.29 is 9.47 Å². The molecule has 4 aromatic rings. The molecule has 1 aromatic heterocycles. The molecule has 0 spiro atoms. The van der Waals surface area contributed by atoms with Crippen LogP contribution in [0, 0.1) is 0 Å². The van der Waals surface area contributed by atoms with Crippen LogP contribution in [0.15, 0.2) is 66.7 Å². The lowest BCUT2D eigenvalue weighted by atomic mass is 10.1. The Morgan fingerprint density at radius 1 is 0.792 bits per heavy atom. The van der Waals surface area contributed by atoms with Crippen LogP contribution in [0.3, 0.4) is 0 Å². The first-order valence-corrected chi connectivity index (χ1v) is 7.99. The molecule has 0 amide bonds. The summed E-state index contributed by atoms with van der Waals surface area (Å²) in [5, 5.41) is 2.45. The summed E-state index contributed by atoms with van der Waals surface area (Å²) in [5.74, 6) is 1.75. The van der Waals surface area contributed by atoms with Gasteiger partial charge in [0.1, 0.15) is 18.1 Å². The lowest BCUT2D eigenvalue weighted by Crippen LogP contribution is -1.95. The first kappa shape index (κ1) is 14.6. The highest BCUT2D eigenvalue weighted by Gasteiger charge is 2.10. The van der Waals surface area contributed by atoms with Crippen molar-refractivity contribution in [1.82, 2.24) is 4.57 Å². The minimum absolute atomic E-state index is 0.574.